The van der Waals surface area contributed by atoms with Crippen LogP contribution in [0, 0.1) is 6.92 Å². The molecule has 1 aromatic heterocycles. The summed E-state index contributed by atoms with van der Waals surface area (Å²) in [6, 6.07) is 0. The van der Waals surface area contributed by atoms with Crippen LogP contribution in [-0.4, -0.2) is 15.1 Å². The van der Waals surface area contributed by atoms with Crippen molar-refractivity contribution in [2.24, 2.45) is 0 Å². The first-order chi connectivity index (χ1) is 7.13. The zero-order chi connectivity index (χ0) is 10.9. The predicted octanol–water partition coefficient (Wildman–Crippen LogP) is 2.96. The highest BCUT2D eigenvalue weighted by Crippen LogP contribution is 2.32. The fraction of sp³-hybridized carbons (Fsp3) is 0.750. The highest BCUT2D eigenvalue weighted by molar-refractivity contribution is 5.33. The summed E-state index contributed by atoms with van der Waals surface area (Å²) in [5, 5.41) is 3.61. The van der Waals surface area contributed by atoms with Crippen LogP contribution in [0.1, 0.15) is 45.2 Å². The smallest absolute Gasteiger partial charge is 0.203 e. The van der Waals surface area contributed by atoms with Gasteiger partial charge >= 0.3 is 0 Å². The molecular formula is C12H21N3. The molecule has 2 rings (SSSR count). The van der Waals surface area contributed by atoms with Gasteiger partial charge in [-0.15, -0.1) is 0 Å². The molecule has 0 spiro atoms. The molecule has 1 heterocycles. The molecule has 0 amide bonds. The summed E-state index contributed by atoms with van der Waals surface area (Å²) in [5.74, 6) is 1.04. The average Bonchev–Trinajstić information content (AvgIpc) is 2.73. The van der Waals surface area contributed by atoms with Crippen molar-refractivity contribution in [1.29, 1.82) is 0 Å². The number of aryl methyl sites for hydroxylation is 2. The van der Waals surface area contributed by atoms with Gasteiger partial charge in [0.2, 0.25) is 5.95 Å². The molecule has 3 heteroatoms. The van der Waals surface area contributed by atoms with E-state index in [4.69, 9.17) is 0 Å². The first-order valence-electron chi connectivity index (χ1n) is 5.95. The number of hydrogen-bond acceptors (Lipinski definition) is 2. The monoisotopic (exact) mass is 207 g/mol. The third-order valence-electron chi connectivity index (χ3n) is 3.36. The summed E-state index contributed by atoms with van der Waals surface area (Å²) < 4.78 is 2.19. The Morgan fingerprint density at radius 3 is 2.73 bits per heavy atom. The minimum atomic E-state index is 0.269. The van der Waals surface area contributed by atoms with E-state index in [-0.39, 0.29) is 5.54 Å². The molecule has 15 heavy (non-hydrogen) atoms. The van der Waals surface area contributed by atoms with Gasteiger partial charge in [0.25, 0.3) is 0 Å². The zero-order valence-electron chi connectivity index (χ0n) is 10.0. The maximum absolute atomic E-state index is 4.54. The molecular weight excluding hydrogens is 186 g/mol. The molecule has 0 aromatic carbocycles. The van der Waals surface area contributed by atoms with Gasteiger partial charge in [-0.25, -0.2) is 4.98 Å². The van der Waals surface area contributed by atoms with Crippen molar-refractivity contribution in [1.82, 2.24) is 9.55 Å². The minimum Gasteiger partial charge on any atom is -0.350 e. The Morgan fingerprint density at radius 1 is 1.47 bits per heavy atom. The topological polar surface area (TPSA) is 29.9 Å². The number of hydrogen-bond donors (Lipinski definition) is 1. The van der Waals surface area contributed by atoms with Gasteiger partial charge in [0.1, 0.15) is 0 Å². The van der Waals surface area contributed by atoms with Crippen LogP contribution in [0.2, 0.25) is 0 Å². The molecule has 0 radical (unpaired) electrons. The van der Waals surface area contributed by atoms with Crippen molar-refractivity contribution < 1.29 is 0 Å². The first kappa shape index (κ1) is 10.5. The molecule has 1 aromatic rings. The van der Waals surface area contributed by atoms with Gasteiger partial charge in [-0.1, -0.05) is 12.8 Å². The number of aromatic nitrogens is 2. The van der Waals surface area contributed by atoms with Crippen molar-refractivity contribution in [2.45, 2.75) is 58.5 Å². The lowest BCUT2D eigenvalue weighted by molar-refractivity contribution is 0.522. The number of nitrogens with zero attached hydrogens (tertiary/aromatic N) is 2. The summed E-state index contributed by atoms with van der Waals surface area (Å²) >= 11 is 0. The van der Waals surface area contributed by atoms with Crippen LogP contribution < -0.4 is 5.32 Å². The lowest BCUT2D eigenvalue weighted by Crippen LogP contribution is -2.32. The molecule has 0 saturated heterocycles. The largest absolute Gasteiger partial charge is 0.350 e. The van der Waals surface area contributed by atoms with Crippen LogP contribution in [0.3, 0.4) is 0 Å². The summed E-state index contributed by atoms with van der Waals surface area (Å²) in [7, 11) is 0. The van der Waals surface area contributed by atoms with Crippen LogP contribution in [0.15, 0.2) is 6.20 Å². The van der Waals surface area contributed by atoms with Crippen molar-refractivity contribution in [2.75, 3.05) is 5.32 Å². The zero-order valence-corrected chi connectivity index (χ0v) is 10.0. The Balaban J connectivity index is 2.15. The standard InChI is InChI=1S/C12H21N3/c1-4-15-9-10(2)13-11(15)14-12(3)7-5-6-8-12/h9H,4-8H2,1-3H3,(H,13,14). The molecule has 0 unspecified atom stereocenters. The summed E-state index contributed by atoms with van der Waals surface area (Å²) in [6.07, 6.45) is 7.33. The van der Waals surface area contributed by atoms with E-state index in [0.717, 1.165) is 18.2 Å². The van der Waals surface area contributed by atoms with Gasteiger partial charge in [0.15, 0.2) is 0 Å². The van der Waals surface area contributed by atoms with E-state index in [1.807, 2.05) is 6.92 Å². The number of anilines is 1. The molecule has 1 N–H and O–H groups in total. The summed E-state index contributed by atoms with van der Waals surface area (Å²) in [6.45, 7) is 7.50. The maximum Gasteiger partial charge on any atom is 0.203 e. The lowest BCUT2D eigenvalue weighted by Gasteiger charge is -2.26. The predicted molar refractivity (Wildman–Crippen MR) is 63.1 cm³/mol. The molecule has 0 atom stereocenters. The first-order valence-corrected chi connectivity index (χ1v) is 5.95. The van der Waals surface area contributed by atoms with Gasteiger partial charge in [0.05, 0.1) is 5.69 Å². The molecule has 1 fully saturated rings. The van der Waals surface area contributed by atoms with Crippen molar-refractivity contribution in [3.63, 3.8) is 0 Å². The maximum atomic E-state index is 4.54. The molecule has 84 valence electrons. The van der Waals surface area contributed by atoms with Crippen LogP contribution in [0.5, 0.6) is 0 Å². The van der Waals surface area contributed by atoms with E-state index < -0.39 is 0 Å². The number of rotatable bonds is 3. The van der Waals surface area contributed by atoms with E-state index in [9.17, 15) is 0 Å². The highest BCUT2D eigenvalue weighted by Gasteiger charge is 2.29. The minimum absolute atomic E-state index is 0.269. The van der Waals surface area contributed by atoms with E-state index in [2.05, 4.69) is 34.9 Å². The quantitative estimate of drug-likeness (QED) is 0.825. The Labute approximate surface area is 91.9 Å². The van der Waals surface area contributed by atoms with Gasteiger partial charge < -0.3 is 9.88 Å². The van der Waals surface area contributed by atoms with Crippen LogP contribution in [0.4, 0.5) is 5.95 Å². The number of imidazole rings is 1. The van der Waals surface area contributed by atoms with Gasteiger partial charge in [-0.05, 0) is 33.6 Å². The van der Waals surface area contributed by atoms with Crippen molar-refractivity contribution in [3.05, 3.63) is 11.9 Å². The van der Waals surface area contributed by atoms with E-state index in [0.29, 0.717) is 0 Å². The molecule has 0 aliphatic heterocycles. The second kappa shape index (κ2) is 3.87. The van der Waals surface area contributed by atoms with Crippen LogP contribution in [0.25, 0.3) is 0 Å². The van der Waals surface area contributed by atoms with E-state index in [1.165, 1.54) is 25.7 Å². The fourth-order valence-electron chi connectivity index (χ4n) is 2.44. The van der Waals surface area contributed by atoms with Crippen LogP contribution >= 0.6 is 0 Å². The number of nitrogens with one attached hydrogen (secondary N) is 1. The molecule has 1 saturated carbocycles. The van der Waals surface area contributed by atoms with Crippen molar-refractivity contribution >= 4 is 5.95 Å². The molecule has 0 bridgehead atoms. The highest BCUT2D eigenvalue weighted by atomic mass is 15.2. The van der Waals surface area contributed by atoms with Gasteiger partial charge in [-0.2, -0.15) is 0 Å². The van der Waals surface area contributed by atoms with Crippen LogP contribution in [-0.2, 0) is 6.54 Å². The molecule has 1 aliphatic carbocycles. The van der Waals surface area contributed by atoms with Gasteiger partial charge in [-0.3, -0.25) is 0 Å². The molecule has 3 nitrogen and oxygen atoms in total. The molecule has 1 aliphatic rings. The summed E-state index contributed by atoms with van der Waals surface area (Å²) in [5.41, 5.74) is 1.37. The van der Waals surface area contributed by atoms with E-state index in [1.54, 1.807) is 0 Å². The Morgan fingerprint density at radius 2 is 2.13 bits per heavy atom. The average molecular weight is 207 g/mol. The Kier molecular flexibility index (Phi) is 2.72. The summed E-state index contributed by atoms with van der Waals surface area (Å²) in [4.78, 5) is 4.54. The SMILES string of the molecule is CCn1cc(C)nc1NC1(C)CCCC1. The van der Waals surface area contributed by atoms with E-state index >= 15 is 0 Å². The Bertz CT molecular complexity index is 335. The van der Waals surface area contributed by atoms with Gasteiger partial charge in [0, 0.05) is 18.3 Å². The third kappa shape index (κ3) is 2.16. The lowest BCUT2D eigenvalue weighted by atomic mass is 10.0. The second-order valence-electron chi connectivity index (χ2n) is 4.88. The van der Waals surface area contributed by atoms with Crippen molar-refractivity contribution in [3.8, 4) is 0 Å². The second-order valence-corrected chi connectivity index (χ2v) is 4.88. The normalized spacial score (nSPS) is 19.4. The Hall–Kier alpha value is -0.990. The third-order valence-corrected chi connectivity index (χ3v) is 3.36. The fourth-order valence-corrected chi connectivity index (χ4v) is 2.44.